The molecule has 0 rings (SSSR count). The minimum atomic E-state index is -0.773. The quantitative estimate of drug-likeness (QED) is 0.0261. The molecule has 0 aliphatic carbocycles. The summed E-state index contributed by atoms with van der Waals surface area (Å²) < 4.78 is 16.8. The summed E-state index contributed by atoms with van der Waals surface area (Å²) in [6.45, 7) is 6.37. The zero-order chi connectivity index (χ0) is 58.5. The molecule has 0 heterocycles. The SMILES string of the molecule is CC/C=C\C/C=C\C/C=C\C/C=C\CCCCCCCCCCCCCCCCCCCCCCC(=O)OCC(COC(=O)CCCCCCC)OC(=O)CCCCCCCCCCCCCC/C=C\C/C=C\C/C=C\C/C=C\CC. The predicted octanol–water partition coefficient (Wildman–Crippen LogP) is 24.0. The van der Waals surface area contributed by atoms with Gasteiger partial charge in [0.05, 0.1) is 0 Å². The van der Waals surface area contributed by atoms with Crippen LogP contribution in [0.5, 0.6) is 0 Å². The lowest BCUT2D eigenvalue weighted by Gasteiger charge is -2.18. The van der Waals surface area contributed by atoms with Crippen LogP contribution in [0.4, 0.5) is 0 Å². The van der Waals surface area contributed by atoms with Gasteiger partial charge in [-0.1, -0.05) is 323 Å². The zero-order valence-corrected chi connectivity index (χ0v) is 53.5. The molecule has 0 aromatic carbocycles. The smallest absolute Gasteiger partial charge is 0.306 e. The van der Waals surface area contributed by atoms with Gasteiger partial charge < -0.3 is 14.2 Å². The highest BCUT2D eigenvalue weighted by Crippen LogP contribution is 2.18. The summed E-state index contributed by atoms with van der Waals surface area (Å²) in [5.41, 5.74) is 0. The second-order valence-corrected chi connectivity index (χ2v) is 23.0. The van der Waals surface area contributed by atoms with Crippen molar-refractivity contribution in [1.82, 2.24) is 0 Å². The number of allylic oxidation sites excluding steroid dienone is 16. The van der Waals surface area contributed by atoms with Crippen molar-refractivity contribution in [1.29, 1.82) is 0 Å². The molecule has 0 saturated carbocycles. The number of hydrogen-bond acceptors (Lipinski definition) is 6. The Morgan fingerprint density at radius 1 is 0.259 bits per heavy atom. The molecular weight excluding hydrogens is 997 g/mol. The minimum Gasteiger partial charge on any atom is -0.462 e. The topological polar surface area (TPSA) is 78.9 Å². The van der Waals surface area contributed by atoms with Crippen molar-refractivity contribution >= 4 is 17.9 Å². The lowest BCUT2D eigenvalue weighted by Crippen LogP contribution is -2.30. The maximum absolute atomic E-state index is 12.9. The first kappa shape index (κ1) is 77.3. The molecular formula is C75H130O6. The van der Waals surface area contributed by atoms with Crippen LogP contribution in [0.15, 0.2) is 97.2 Å². The highest BCUT2D eigenvalue weighted by Gasteiger charge is 2.19. The predicted molar refractivity (Wildman–Crippen MR) is 353 cm³/mol. The number of esters is 3. The molecule has 0 aliphatic rings. The number of carbonyl (C=O) groups is 3. The van der Waals surface area contributed by atoms with Crippen LogP contribution in [0.3, 0.4) is 0 Å². The first-order valence-corrected chi connectivity index (χ1v) is 34.7. The average Bonchev–Trinajstić information content (AvgIpc) is 3.47. The zero-order valence-electron chi connectivity index (χ0n) is 53.5. The Morgan fingerprint density at radius 2 is 0.481 bits per heavy atom. The summed E-state index contributed by atoms with van der Waals surface area (Å²) in [6.07, 6.45) is 93.5. The lowest BCUT2D eigenvalue weighted by atomic mass is 10.0. The largest absolute Gasteiger partial charge is 0.462 e. The second-order valence-electron chi connectivity index (χ2n) is 23.0. The van der Waals surface area contributed by atoms with Crippen molar-refractivity contribution in [3.63, 3.8) is 0 Å². The lowest BCUT2D eigenvalue weighted by molar-refractivity contribution is -0.167. The van der Waals surface area contributed by atoms with E-state index in [0.29, 0.717) is 19.3 Å². The van der Waals surface area contributed by atoms with Crippen molar-refractivity contribution < 1.29 is 28.6 Å². The van der Waals surface area contributed by atoms with Crippen LogP contribution in [0.2, 0.25) is 0 Å². The van der Waals surface area contributed by atoms with Gasteiger partial charge in [0.15, 0.2) is 6.10 Å². The Bertz CT molecular complexity index is 1580. The molecule has 0 aliphatic heterocycles. The van der Waals surface area contributed by atoms with Gasteiger partial charge in [-0.25, -0.2) is 0 Å². The highest BCUT2D eigenvalue weighted by atomic mass is 16.6. The Hall–Kier alpha value is -3.67. The van der Waals surface area contributed by atoms with Crippen molar-refractivity contribution in [2.24, 2.45) is 0 Å². The van der Waals surface area contributed by atoms with Crippen molar-refractivity contribution in [2.75, 3.05) is 13.2 Å². The standard InChI is InChI=1S/C75H130O6/c1-4-7-10-13-15-17-19-21-23-25-27-29-31-33-34-35-36-37-38-39-40-42-43-45-47-49-51-53-55-57-59-62-65-68-74(77)80-71-72(70-79-73(76)67-64-61-12-9-6-3)81-75(78)69-66-63-60-58-56-54-52-50-48-46-44-41-32-30-28-26-24-22-20-18-16-14-11-8-5-2/h7-8,10-11,15-18,21-24,27-30,72H,4-6,9,12-14,19-20,25-26,31-71H2,1-3H3/b10-7-,11-8-,17-15-,18-16-,23-21-,24-22-,29-27-,30-28-. The van der Waals surface area contributed by atoms with E-state index in [4.69, 9.17) is 14.2 Å². The molecule has 0 amide bonds. The summed E-state index contributed by atoms with van der Waals surface area (Å²) in [6, 6.07) is 0. The van der Waals surface area contributed by atoms with E-state index >= 15 is 0 Å². The maximum Gasteiger partial charge on any atom is 0.306 e. The number of hydrogen-bond donors (Lipinski definition) is 0. The van der Waals surface area contributed by atoms with Gasteiger partial charge in [0.1, 0.15) is 13.2 Å². The van der Waals surface area contributed by atoms with Gasteiger partial charge in [-0.15, -0.1) is 0 Å². The highest BCUT2D eigenvalue weighted by molar-refractivity contribution is 5.71. The summed E-state index contributed by atoms with van der Waals surface area (Å²) >= 11 is 0. The number of ether oxygens (including phenoxy) is 3. The third kappa shape index (κ3) is 67.0. The second kappa shape index (κ2) is 68.8. The number of carbonyl (C=O) groups excluding carboxylic acids is 3. The minimum absolute atomic E-state index is 0.0737. The fourth-order valence-electron chi connectivity index (χ4n) is 9.96. The third-order valence-corrected chi connectivity index (χ3v) is 15.1. The van der Waals surface area contributed by atoms with E-state index in [1.165, 1.54) is 186 Å². The number of rotatable bonds is 63. The van der Waals surface area contributed by atoms with Crippen LogP contribution in [0, 0.1) is 0 Å². The molecule has 6 heteroatoms. The van der Waals surface area contributed by atoms with Gasteiger partial charge in [-0.05, 0) is 96.3 Å². The van der Waals surface area contributed by atoms with E-state index in [1.807, 2.05) is 0 Å². The fourth-order valence-corrected chi connectivity index (χ4v) is 9.96. The molecule has 0 aromatic heterocycles. The molecule has 0 bridgehead atoms. The molecule has 466 valence electrons. The Kier molecular flexibility index (Phi) is 65.7. The molecule has 1 atom stereocenters. The van der Waals surface area contributed by atoms with Gasteiger partial charge >= 0.3 is 17.9 Å². The summed E-state index contributed by atoms with van der Waals surface area (Å²) in [5, 5.41) is 0. The first-order valence-electron chi connectivity index (χ1n) is 34.7. The number of unbranched alkanes of at least 4 members (excludes halogenated alkanes) is 36. The van der Waals surface area contributed by atoms with Gasteiger partial charge in [0.2, 0.25) is 0 Å². The van der Waals surface area contributed by atoms with E-state index in [-0.39, 0.29) is 31.1 Å². The molecule has 6 nitrogen and oxygen atoms in total. The average molecular weight is 1130 g/mol. The summed E-state index contributed by atoms with van der Waals surface area (Å²) in [4.78, 5) is 38.0. The van der Waals surface area contributed by atoms with Crippen LogP contribution in [0.25, 0.3) is 0 Å². The Morgan fingerprint density at radius 3 is 0.753 bits per heavy atom. The van der Waals surface area contributed by atoms with Gasteiger partial charge in [0.25, 0.3) is 0 Å². The van der Waals surface area contributed by atoms with E-state index in [0.717, 1.165) is 116 Å². The molecule has 81 heavy (non-hydrogen) atoms. The normalized spacial score (nSPS) is 12.7. The first-order chi connectivity index (χ1) is 40.0. The molecule has 1 unspecified atom stereocenters. The Balaban J connectivity index is 3.94. The molecule has 0 fully saturated rings. The van der Waals surface area contributed by atoms with E-state index in [9.17, 15) is 14.4 Å². The third-order valence-electron chi connectivity index (χ3n) is 15.1. The fraction of sp³-hybridized carbons (Fsp3) is 0.747. The monoisotopic (exact) mass is 1130 g/mol. The van der Waals surface area contributed by atoms with Crippen molar-refractivity contribution in [3.8, 4) is 0 Å². The van der Waals surface area contributed by atoms with Crippen LogP contribution in [0.1, 0.15) is 342 Å². The van der Waals surface area contributed by atoms with E-state index < -0.39 is 6.10 Å². The summed E-state index contributed by atoms with van der Waals surface area (Å²) in [5.74, 6) is -0.875. The summed E-state index contributed by atoms with van der Waals surface area (Å²) in [7, 11) is 0. The van der Waals surface area contributed by atoms with Gasteiger partial charge in [0, 0.05) is 19.3 Å². The van der Waals surface area contributed by atoms with Gasteiger partial charge in [-0.2, -0.15) is 0 Å². The van der Waals surface area contributed by atoms with E-state index in [1.54, 1.807) is 0 Å². The van der Waals surface area contributed by atoms with Crippen LogP contribution in [-0.2, 0) is 28.6 Å². The van der Waals surface area contributed by atoms with Crippen LogP contribution in [-0.4, -0.2) is 37.2 Å². The van der Waals surface area contributed by atoms with E-state index in [2.05, 4.69) is 118 Å². The Labute approximate surface area is 502 Å². The molecule has 0 saturated heterocycles. The van der Waals surface area contributed by atoms with Gasteiger partial charge in [-0.3, -0.25) is 14.4 Å². The van der Waals surface area contributed by atoms with Crippen molar-refractivity contribution in [2.45, 2.75) is 348 Å². The molecule has 0 radical (unpaired) electrons. The maximum atomic E-state index is 12.9. The van der Waals surface area contributed by atoms with Crippen molar-refractivity contribution in [3.05, 3.63) is 97.2 Å². The molecule has 0 spiro atoms. The van der Waals surface area contributed by atoms with Crippen LogP contribution < -0.4 is 0 Å². The molecule has 0 aromatic rings. The van der Waals surface area contributed by atoms with Crippen LogP contribution >= 0.6 is 0 Å². The molecule has 0 N–H and O–H groups in total.